The van der Waals surface area contributed by atoms with Crippen molar-refractivity contribution in [2.24, 2.45) is 5.92 Å². The summed E-state index contributed by atoms with van der Waals surface area (Å²) in [6.07, 6.45) is 1.70. The number of hydrogen-bond acceptors (Lipinski definition) is 5. The zero-order valence-electron chi connectivity index (χ0n) is 30.8. The van der Waals surface area contributed by atoms with Crippen molar-refractivity contribution in [2.75, 3.05) is 13.2 Å². The molecular formula is C42H50N2O4SSi2. The van der Waals surface area contributed by atoms with Gasteiger partial charge in [-0.3, -0.25) is 14.3 Å². The number of benzene rings is 4. The predicted octanol–water partition coefficient (Wildman–Crippen LogP) is 6.23. The molecule has 9 heteroatoms. The van der Waals surface area contributed by atoms with Crippen LogP contribution >= 0.6 is 11.8 Å². The zero-order chi connectivity index (χ0) is 36.4. The summed E-state index contributed by atoms with van der Waals surface area (Å²) in [5, 5.41) is 4.35. The summed E-state index contributed by atoms with van der Waals surface area (Å²) in [5.41, 5.74) is -0.244. The molecule has 0 aliphatic carbocycles. The third-order valence-electron chi connectivity index (χ3n) is 10.4. The Morgan fingerprint density at radius 1 is 0.627 bits per heavy atom. The number of rotatable bonds is 11. The fraction of sp³-hybridized carbons (Fsp3) is 0.333. The van der Waals surface area contributed by atoms with E-state index in [1.165, 1.54) is 20.7 Å². The van der Waals surface area contributed by atoms with Gasteiger partial charge in [0, 0.05) is 36.1 Å². The Labute approximate surface area is 308 Å². The van der Waals surface area contributed by atoms with Crippen LogP contribution in [0.1, 0.15) is 52.5 Å². The Kier molecular flexibility index (Phi) is 10.7. The summed E-state index contributed by atoms with van der Waals surface area (Å²) in [6, 6.07) is 42.7. The highest BCUT2D eigenvalue weighted by Crippen LogP contribution is 2.51. The van der Waals surface area contributed by atoms with Crippen molar-refractivity contribution in [3.8, 4) is 0 Å². The largest absolute Gasteiger partial charge is 0.407 e. The van der Waals surface area contributed by atoms with Crippen LogP contribution < -0.4 is 32.0 Å². The molecule has 1 aliphatic rings. The van der Waals surface area contributed by atoms with Gasteiger partial charge in [-0.1, -0.05) is 163 Å². The first-order valence-corrected chi connectivity index (χ1v) is 22.5. The van der Waals surface area contributed by atoms with Gasteiger partial charge in [0.2, 0.25) is 0 Å². The normalized spacial score (nSPS) is 18.3. The first kappa shape index (κ1) is 37.0. The van der Waals surface area contributed by atoms with Crippen LogP contribution in [-0.2, 0) is 8.85 Å². The Morgan fingerprint density at radius 3 is 1.37 bits per heavy atom. The summed E-state index contributed by atoms with van der Waals surface area (Å²) in [5.74, 6) is -0.0575. The van der Waals surface area contributed by atoms with Gasteiger partial charge >= 0.3 is 5.69 Å². The van der Waals surface area contributed by atoms with Crippen molar-refractivity contribution in [3.05, 3.63) is 154 Å². The molecule has 3 atom stereocenters. The monoisotopic (exact) mass is 734 g/mol. The third-order valence-corrected chi connectivity index (χ3v) is 22.1. The predicted molar refractivity (Wildman–Crippen MR) is 217 cm³/mol. The maximum atomic E-state index is 13.3. The molecule has 1 aliphatic heterocycles. The lowest BCUT2D eigenvalue weighted by Gasteiger charge is -2.50. The second kappa shape index (κ2) is 14.7. The molecule has 266 valence electrons. The van der Waals surface area contributed by atoms with Gasteiger partial charge in [-0.2, -0.15) is 0 Å². The lowest BCUT2D eigenvalue weighted by atomic mass is 10.0. The standard InChI is InChI=1S/C42H50N2O4SSi2/c1-31-28-44(40(46)43-38(31)45)39-36(29-47-50(41(2,3)4,32-20-12-8-13-21-32)33-22-14-9-15-23-33)37(49-39)30-48-51(42(5,6)7,34-24-16-10-17-25-34)35-26-18-11-19-27-35/h8-28,36-37,39H,29-30H2,1-7H3,(H,43,45,46)/t36-,37-,39?/m1/s1. The smallest absolute Gasteiger partial charge is 0.329 e. The van der Waals surface area contributed by atoms with Gasteiger partial charge in [0.05, 0.1) is 5.37 Å². The molecule has 1 saturated heterocycles. The molecule has 6 nitrogen and oxygen atoms in total. The zero-order valence-corrected chi connectivity index (χ0v) is 33.6. The SMILES string of the molecule is Cc1cn(C2S[C@H](CO[Si](c3ccccc3)(c3ccccc3)C(C)(C)C)[C@H]2CO[Si](c2ccccc2)(c2ccccc2)C(C)(C)C)c(=O)[nH]c1=O. The van der Waals surface area contributed by atoms with Gasteiger partial charge in [0.1, 0.15) is 0 Å². The number of aryl methyl sites for hydroxylation is 1. The van der Waals surface area contributed by atoms with Crippen molar-refractivity contribution in [2.45, 2.75) is 69.2 Å². The number of nitrogens with zero attached hydrogens (tertiary/aromatic N) is 1. The highest BCUT2D eigenvalue weighted by Gasteiger charge is 2.55. The molecule has 4 aromatic carbocycles. The summed E-state index contributed by atoms with van der Waals surface area (Å²) >= 11 is 1.73. The van der Waals surface area contributed by atoms with Crippen LogP contribution in [0.15, 0.2) is 137 Å². The van der Waals surface area contributed by atoms with Crippen LogP contribution in [0.3, 0.4) is 0 Å². The number of hydrogen-bond donors (Lipinski definition) is 1. The van der Waals surface area contributed by atoms with E-state index in [0.29, 0.717) is 18.8 Å². The van der Waals surface area contributed by atoms with Gasteiger partial charge in [-0.05, 0) is 37.7 Å². The Bertz CT molecular complexity index is 1950. The summed E-state index contributed by atoms with van der Waals surface area (Å²) in [4.78, 5) is 28.3. The van der Waals surface area contributed by atoms with Crippen molar-refractivity contribution in [1.82, 2.24) is 9.55 Å². The molecule has 0 amide bonds. The van der Waals surface area contributed by atoms with Gasteiger partial charge < -0.3 is 8.85 Å². The minimum Gasteiger partial charge on any atom is -0.407 e. The molecule has 5 aromatic rings. The van der Waals surface area contributed by atoms with Crippen LogP contribution in [0.4, 0.5) is 0 Å². The first-order chi connectivity index (χ1) is 24.3. The maximum absolute atomic E-state index is 13.3. The lowest BCUT2D eigenvalue weighted by molar-refractivity contribution is 0.165. The van der Waals surface area contributed by atoms with E-state index >= 15 is 0 Å². The Balaban J connectivity index is 1.42. The molecule has 51 heavy (non-hydrogen) atoms. The molecule has 0 radical (unpaired) electrons. The molecule has 1 fully saturated rings. The summed E-state index contributed by atoms with van der Waals surface area (Å²) in [7, 11) is -5.68. The van der Waals surface area contributed by atoms with E-state index in [4.69, 9.17) is 8.85 Å². The maximum Gasteiger partial charge on any atom is 0.329 e. The second-order valence-corrected chi connectivity index (χ2v) is 25.6. The van der Waals surface area contributed by atoms with Crippen LogP contribution in [0.25, 0.3) is 0 Å². The lowest BCUT2D eigenvalue weighted by Crippen LogP contribution is -2.68. The van der Waals surface area contributed by atoms with E-state index in [9.17, 15) is 9.59 Å². The average Bonchev–Trinajstić information content (AvgIpc) is 3.10. The van der Waals surface area contributed by atoms with E-state index in [1.807, 2.05) is 0 Å². The summed E-state index contributed by atoms with van der Waals surface area (Å²) < 4.78 is 16.7. The van der Waals surface area contributed by atoms with Gasteiger partial charge in [0.15, 0.2) is 0 Å². The van der Waals surface area contributed by atoms with E-state index in [0.717, 1.165) is 0 Å². The topological polar surface area (TPSA) is 73.3 Å². The molecule has 0 bridgehead atoms. The highest BCUT2D eigenvalue weighted by atomic mass is 32.2. The fourth-order valence-electron chi connectivity index (χ4n) is 7.83. The molecule has 1 N–H and O–H groups in total. The van der Waals surface area contributed by atoms with E-state index in [1.54, 1.807) is 29.4 Å². The van der Waals surface area contributed by atoms with E-state index in [2.05, 4.69) is 168 Å². The van der Waals surface area contributed by atoms with Gasteiger partial charge in [-0.15, -0.1) is 11.8 Å². The number of H-pyrrole nitrogens is 1. The van der Waals surface area contributed by atoms with Crippen molar-refractivity contribution in [3.63, 3.8) is 0 Å². The number of aromatic nitrogens is 2. The molecule has 6 rings (SSSR count). The quantitative estimate of drug-likeness (QED) is 0.163. The first-order valence-electron chi connectivity index (χ1n) is 17.8. The van der Waals surface area contributed by atoms with Crippen LogP contribution in [0.5, 0.6) is 0 Å². The number of aromatic amines is 1. The molecule has 0 spiro atoms. The van der Waals surface area contributed by atoms with Crippen LogP contribution in [0.2, 0.25) is 10.1 Å². The highest BCUT2D eigenvalue weighted by molar-refractivity contribution is 8.01. The van der Waals surface area contributed by atoms with Gasteiger partial charge in [-0.25, -0.2) is 4.79 Å². The van der Waals surface area contributed by atoms with Crippen molar-refractivity contribution < 1.29 is 8.85 Å². The molecular weight excluding hydrogens is 685 g/mol. The molecule has 1 aromatic heterocycles. The van der Waals surface area contributed by atoms with Crippen molar-refractivity contribution in [1.29, 1.82) is 0 Å². The second-order valence-electron chi connectivity index (χ2n) is 15.7. The molecule has 0 saturated carbocycles. The third kappa shape index (κ3) is 6.94. The van der Waals surface area contributed by atoms with Gasteiger partial charge in [0.25, 0.3) is 22.2 Å². The van der Waals surface area contributed by atoms with E-state index in [-0.39, 0.29) is 32.2 Å². The number of thioether (sulfide) groups is 1. The summed E-state index contributed by atoms with van der Waals surface area (Å²) in [6.45, 7) is 16.4. The molecule has 1 unspecified atom stereocenters. The minimum absolute atomic E-state index is 0.0500. The Morgan fingerprint density at radius 2 is 1.00 bits per heavy atom. The van der Waals surface area contributed by atoms with Crippen molar-refractivity contribution >= 4 is 49.1 Å². The average molecular weight is 735 g/mol. The number of nitrogens with one attached hydrogen (secondary N) is 1. The van der Waals surface area contributed by atoms with Crippen LogP contribution in [-0.4, -0.2) is 44.6 Å². The fourth-order valence-corrected chi connectivity index (χ4v) is 18.5. The minimum atomic E-state index is -2.87. The molecule has 2 heterocycles. The Hall–Kier alpha value is -3.74. The van der Waals surface area contributed by atoms with E-state index < -0.39 is 22.3 Å². The van der Waals surface area contributed by atoms with Crippen LogP contribution in [0, 0.1) is 12.8 Å².